The zero-order chi connectivity index (χ0) is 27.4. The van der Waals surface area contributed by atoms with Crippen LogP contribution < -0.4 is 0 Å². The summed E-state index contributed by atoms with van der Waals surface area (Å²) in [5, 5.41) is 5.84. The van der Waals surface area contributed by atoms with Gasteiger partial charge in [0, 0.05) is 0 Å². The van der Waals surface area contributed by atoms with E-state index >= 15 is 0 Å². The zero-order valence-corrected chi connectivity index (χ0v) is 30.8. The van der Waals surface area contributed by atoms with Gasteiger partial charge in [-0.3, -0.25) is 0 Å². The van der Waals surface area contributed by atoms with Crippen LogP contribution in [-0.4, -0.2) is 6.88 Å². The average Bonchev–Trinajstić information content (AvgIpc) is 3.65. The van der Waals surface area contributed by atoms with Gasteiger partial charge in [0.15, 0.2) is 0 Å². The zero-order valence-electron chi connectivity index (χ0n) is 25.7. The van der Waals surface area contributed by atoms with E-state index in [-0.39, 0.29) is 14.9 Å². The molecule has 6 aromatic rings. The molecule has 0 saturated heterocycles. The normalized spacial score (nSPS) is 10.6. The molecule has 0 atom stereocenters. The molecule has 0 aliphatic heterocycles. The van der Waals surface area contributed by atoms with E-state index in [9.17, 15) is 0 Å². The van der Waals surface area contributed by atoms with E-state index in [0.29, 0.717) is 0 Å². The topological polar surface area (TPSA) is 0 Å². The first-order valence-corrected chi connectivity index (χ1v) is 19.7. The molecule has 0 aliphatic rings. The summed E-state index contributed by atoms with van der Waals surface area (Å²) in [6.45, 7) is 16.5. The summed E-state index contributed by atoms with van der Waals surface area (Å²) in [5.74, 6) is 0. The van der Waals surface area contributed by atoms with Crippen molar-refractivity contribution in [3.63, 3.8) is 0 Å². The molecule has 0 saturated carbocycles. The summed E-state index contributed by atoms with van der Waals surface area (Å²) < 4.78 is 6.01. The molecule has 0 bridgehead atoms. The molecule has 2 aromatic heterocycles. The molecule has 40 heavy (non-hydrogen) atoms. The van der Waals surface area contributed by atoms with E-state index in [1.807, 2.05) is 22.7 Å². The number of benzene rings is 2. The number of aryl methyl sites for hydroxylation is 6. The van der Waals surface area contributed by atoms with Crippen LogP contribution in [0.25, 0.3) is 40.3 Å². The Hall–Kier alpha value is -1.32. The summed E-state index contributed by atoms with van der Waals surface area (Å²) in [7, 11) is 0. The number of hydrogen-bond acceptors (Lipinski definition) is 2. The Bertz CT molecular complexity index is 1550. The standard InChI is InChI=1S/2C17H19S.2CH3.Si.Zr/c2*1-4-5-7-13-8-6-9-14-15-10-11(2)12(3)16(15)18-17(13)14;;;;/h2*6,8-10H,4-5,7H2,1-3H3;2*1H3;;/q4*-1;;. The molecule has 6 rings (SSSR count). The minimum absolute atomic E-state index is 0. The fourth-order valence-corrected chi connectivity index (χ4v) is 8.15. The van der Waals surface area contributed by atoms with Crippen molar-refractivity contribution in [2.75, 3.05) is 0 Å². The third-order valence-corrected chi connectivity index (χ3v) is 10.7. The SMILES string of the molecule is CCCCc1cccc2c1sc1c(C)c(C)[cH-]c12.CCCCc1cccc2c1sc1c(C)c(C)[cH-]c12.[CH3-].[CH3-].[Si]=[Zr]. The molecule has 4 heteroatoms. The Morgan fingerprint density at radius 2 is 1.00 bits per heavy atom. The Balaban J connectivity index is 0.000000252. The predicted octanol–water partition coefficient (Wildman–Crippen LogP) is 12.0. The molecule has 212 valence electrons. The van der Waals surface area contributed by atoms with Gasteiger partial charge in [-0.1, -0.05) is 111 Å². The van der Waals surface area contributed by atoms with Gasteiger partial charge in [0.25, 0.3) is 0 Å². The molecule has 4 aromatic carbocycles. The van der Waals surface area contributed by atoms with Gasteiger partial charge < -0.3 is 14.9 Å². The van der Waals surface area contributed by atoms with Crippen LogP contribution in [0.2, 0.25) is 0 Å². The average molecular weight is 660 g/mol. The molecular weight excluding hydrogens is 616 g/mol. The number of thiophene rings is 2. The first-order valence-electron chi connectivity index (χ1n) is 13.8. The van der Waals surface area contributed by atoms with Gasteiger partial charge in [-0.2, -0.15) is 0 Å². The maximum atomic E-state index is 3.06. The summed E-state index contributed by atoms with van der Waals surface area (Å²) in [5.41, 5.74) is 8.86. The van der Waals surface area contributed by atoms with Crippen LogP contribution in [0.4, 0.5) is 0 Å². The minimum atomic E-state index is 0. The fraction of sp³-hybridized carbons (Fsp3) is 0.333. The van der Waals surface area contributed by atoms with Crippen LogP contribution in [-0.2, 0) is 36.2 Å². The van der Waals surface area contributed by atoms with Crippen LogP contribution in [0.3, 0.4) is 0 Å². The third kappa shape index (κ3) is 6.83. The second-order valence-corrected chi connectivity index (χ2v) is 12.4. The van der Waals surface area contributed by atoms with E-state index < -0.39 is 0 Å². The van der Waals surface area contributed by atoms with Crippen LogP contribution in [0.15, 0.2) is 48.5 Å². The van der Waals surface area contributed by atoms with E-state index in [2.05, 4.69) is 97.0 Å². The van der Waals surface area contributed by atoms with E-state index in [0.717, 1.165) is 0 Å². The van der Waals surface area contributed by atoms with Crippen molar-refractivity contribution < 1.29 is 23.3 Å². The molecular formula is C36H44S2SiZr-4. The molecule has 0 amide bonds. The Kier molecular flexibility index (Phi) is 13.8. The molecule has 2 radical (unpaired) electrons. The first kappa shape index (κ1) is 34.9. The molecule has 0 aliphatic carbocycles. The van der Waals surface area contributed by atoms with E-state index in [1.54, 1.807) is 0 Å². The Labute approximate surface area is 268 Å². The van der Waals surface area contributed by atoms with Crippen molar-refractivity contribution >= 4 is 69.9 Å². The number of unbranched alkanes of at least 4 members (excludes halogenated alkanes) is 2. The van der Waals surface area contributed by atoms with E-state index in [4.69, 9.17) is 0 Å². The van der Waals surface area contributed by atoms with Gasteiger partial charge in [-0.15, -0.1) is 45.2 Å². The monoisotopic (exact) mass is 658 g/mol. The second kappa shape index (κ2) is 15.8. The van der Waals surface area contributed by atoms with Gasteiger partial charge in [-0.25, -0.2) is 22.7 Å². The summed E-state index contributed by atoms with van der Waals surface area (Å²) >= 11 is 5.33. The predicted molar refractivity (Wildman–Crippen MR) is 185 cm³/mol. The van der Waals surface area contributed by atoms with Crippen molar-refractivity contribution in [3.8, 4) is 0 Å². The van der Waals surface area contributed by atoms with Crippen LogP contribution in [0.5, 0.6) is 0 Å². The molecule has 0 fully saturated rings. The second-order valence-electron chi connectivity index (χ2n) is 10.4. The van der Waals surface area contributed by atoms with Gasteiger partial charge in [0.2, 0.25) is 0 Å². The summed E-state index contributed by atoms with van der Waals surface area (Å²) in [6, 6.07) is 18.3. The fourth-order valence-electron chi connectivity index (χ4n) is 5.37. The molecule has 0 nitrogen and oxygen atoms in total. The molecule has 0 spiro atoms. The van der Waals surface area contributed by atoms with Gasteiger partial charge in [0.05, 0.1) is 0 Å². The number of hydrogen-bond donors (Lipinski definition) is 0. The van der Waals surface area contributed by atoms with Crippen LogP contribution in [0.1, 0.15) is 72.9 Å². The molecule has 0 unspecified atom stereocenters. The van der Waals surface area contributed by atoms with Gasteiger partial charge >= 0.3 is 30.2 Å². The summed E-state index contributed by atoms with van der Waals surface area (Å²) in [6.07, 6.45) is 7.56. The van der Waals surface area contributed by atoms with Crippen molar-refractivity contribution in [1.82, 2.24) is 0 Å². The van der Waals surface area contributed by atoms with Crippen LogP contribution >= 0.6 is 22.7 Å². The maximum absolute atomic E-state index is 3.06. The van der Waals surface area contributed by atoms with Gasteiger partial charge in [-0.05, 0) is 46.2 Å². The quantitative estimate of drug-likeness (QED) is 0.123. The van der Waals surface area contributed by atoms with Crippen molar-refractivity contribution in [1.29, 1.82) is 0 Å². The Morgan fingerprint density at radius 3 is 1.35 bits per heavy atom. The summed E-state index contributed by atoms with van der Waals surface area (Å²) in [4.78, 5) is 0. The van der Waals surface area contributed by atoms with Crippen molar-refractivity contribution in [2.45, 2.75) is 80.1 Å². The van der Waals surface area contributed by atoms with Gasteiger partial charge in [0.1, 0.15) is 0 Å². The van der Waals surface area contributed by atoms with E-state index in [1.165, 1.54) is 136 Å². The van der Waals surface area contributed by atoms with Crippen LogP contribution in [0, 0.1) is 42.5 Å². The van der Waals surface area contributed by atoms with Crippen molar-refractivity contribution in [3.05, 3.63) is 96.8 Å². The Morgan fingerprint density at radius 1 is 0.625 bits per heavy atom. The molecule has 2 heterocycles. The first-order chi connectivity index (χ1) is 18.4. The third-order valence-electron chi connectivity index (χ3n) is 7.86. The number of fused-ring (bicyclic) bond motifs is 6. The van der Waals surface area contributed by atoms with Crippen molar-refractivity contribution in [2.24, 2.45) is 0 Å². The number of rotatable bonds is 6. The molecule has 0 N–H and O–H groups in total.